The largest absolute Gasteiger partial charge is 0.480 e. The van der Waals surface area contributed by atoms with Gasteiger partial charge in [0.25, 0.3) is 0 Å². The highest BCUT2D eigenvalue weighted by atomic mass is 31.2. The monoisotopic (exact) mass is 741 g/mol. The highest BCUT2D eigenvalue weighted by Gasteiger charge is 2.28. The van der Waals surface area contributed by atoms with Crippen molar-refractivity contribution in [1.29, 1.82) is 0 Å². The fourth-order valence-corrected chi connectivity index (χ4v) is 5.66. The van der Waals surface area contributed by atoms with Crippen LogP contribution in [0.3, 0.4) is 0 Å². The minimum absolute atomic E-state index is 0.0921. The van der Waals surface area contributed by atoms with Gasteiger partial charge in [-0.05, 0) is 51.4 Å². The van der Waals surface area contributed by atoms with Crippen molar-refractivity contribution in [2.24, 2.45) is 0 Å². The Hall–Kier alpha value is -2.56. The molecule has 0 aromatic rings. The van der Waals surface area contributed by atoms with E-state index in [9.17, 15) is 34.1 Å². The zero-order valence-electron chi connectivity index (χ0n) is 31.4. The Kier molecular flexibility index (Phi) is 32.8. The number of phosphoric ester groups is 1. The van der Waals surface area contributed by atoms with Crippen LogP contribution in [0.2, 0.25) is 0 Å². The Morgan fingerprint density at radius 3 is 1.69 bits per heavy atom. The molecule has 0 radical (unpaired) electrons. The molecular formula is C39H68NO10P. The number of aliphatic hydroxyl groups is 1. The van der Waals surface area contributed by atoms with E-state index in [2.05, 4.69) is 61.7 Å². The van der Waals surface area contributed by atoms with Crippen molar-refractivity contribution in [3.8, 4) is 0 Å². The van der Waals surface area contributed by atoms with Crippen molar-refractivity contribution < 1.29 is 47.8 Å². The number of carbonyl (C=O) groups is 3. The molecule has 0 aliphatic carbocycles. The molecule has 0 saturated carbocycles. The van der Waals surface area contributed by atoms with Crippen LogP contribution in [0.1, 0.15) is 149 Å². The molecule has 3 atom stereocenters. The van der Waals surface area contributed by atoms with Crippen LogP contribution < -0.4 is 5.32 Å². The van der Waals surface area contributed by atoms with Gasteiger partial charge in [-0.1, -0.05) is 133 Å². The van der Waals surface area contributed by atoms with Crippen LogP contribution in [0.25, 0.3) is 0 Å². The minimum atomic E-state index is -4.76. The third-order valence-corrected chi connectivity index (χ3v) is 8.83. The van der Waals surface area contributed by atoms with E-state index >= 15 is 0 Å². The second-order valence-corrected chi connectivity index (χ2v) is 14.2. The molecule has 1 amide bonds. The van der Waals surface area contributed by atoms with E-state index in [-0.39, 0.29) is 12.8 Å². The molecule has 11 nitrogen and oxygen atoms in total. The van der Waals surface area contributed by atoms with Crippen molar-refractivity contribution in [1.82, 2.24) is 5.32 Å². The van der Waals surface area contributed by atoms with Gasteiger partial charge in [-0.3, -0.25) is 18.6 Å². The number of unbranched alkanes of at least 4 members (excludes halogenated alkanes) is 13. The number of amides is 1. The van der Waals surface area contributed by atoms with Crippen molar-refractivity contribution in [2.75, 3.05) is 19.8 Å². The maximum Gasteiger partial charge on any atom is 0.472 e. The number of aliphatic hydroxyl groups excluding tert-OH is 1. The summed E-state index contributed by atoms with van der Waals surface area (Å²) in [5.74, 6) is -2.44. The Morgan fingerprint density at radius 1 is 0.647 bits per heavy atom. The number of ether oxygens (including phenoxy) is 1. The number of carboxylic acids is 1. The summed E-state index contributed by atoms with van der Waals surface area (Å²) in [6.45, 7) is 2.41. The second kappa shape index (κ2) is 34.5. The number of esters is 1. The van der Waals surface area contributed by atoms with Crippen molar-refractivity contribution >= 4 is 25.7 Å². The standard InChI is InChI=1S/C39H68NO10P/c1-3-5-7-9-11-13-15-17-18-19-20-22-24-26-28-30-37(42)40-36(39(44)45)34-50-51(46,47)49-33-35(41)32-48-38(43)31-29-27-25-23-21-16-14-12-10-8-6-4-2/h5,7,11,13,17-18,20,22,35-36,41H,3-4,6,8-10,12,14-16,19,21,23-34H2,1-2H3,(H,40,42)(H,44,45)(H,46,47)/b7-5-,13-11-,18-17-,22-20-. The summed E-state index contributed by atoms with van der Waals surface area (Å²) < 4.78 is 26.7. The minimum Gasteiger partial charge on any atom is -0.480 e. The van der Waals surface area contributed by atoms with E-state index in [1.54, 1.807) is 0 Å². The van der Waals surface area contributed by atoms with Crippen LogP contribution in [0.5, 0.6) is 0 Å². The summed E-state index contributed by atoms with van der Waals surface area (Å²) in [7, 11) is -4.76. The van der Waals surface area contributed by atoms with Gasteiger partial charge in [-0.15, -0.1) is 0 Å². The van der Waals surface area contributed by atoms with Gasteiger partial charge < -0.3 is 25.2 Å². The number of aliphatic carboxylic acids is 1. The SMILES string of the molecule is CC/C=C\C/C=C\C/C=C\C/C=C\CCCCC(=O)NC(COP(=O)(O)OCC(O)COC(=O)CCCCCCCCCCCCCC)C(=O)O. The Labute approximate surface area is 307 Å². The fraction of sp³-hybridized carbons (Fsp3) is 0.718. The van der Waals surface area contributed by atoms with Gasteiger partial charge in [0.15, 0.2) is 6.04 Å². The lowest BCUT2D eigenvalue weighted by Crippen LogP contribution is -2.43. The Bertz CT molecular complexity index is 1060. The zero-order valence-corrected chi connectivity index (χ0v) is 32.3. The predicted molar refractivity (Wildman–Crippen MR) is 203 cm³/mol. The third-order valence-electron chi connectivity index (χ3n) is 7.88. The van der Waals surface area contributed by atoms with E-state index < -0.39 is 57.6 Å². The first-order valence-electron chi connectivity index (χ1n) is 19.2. The molecule has 4 N–H and O–H groups in total. The summed E-state index contributed by atoms with van der Waals surface area (Å²) in [6, 6.07) is -1.57. The van der Waals surface area contributed by atoms with Gasteiger partial charge in [0.1, 0.15) is 12.7 Å². The second-order valence-electron chi connectivity index (χ2n) is 12.7. The predicted octanol–water partition coefficient (Wildman–Crippen LogP) is 9.05. The smallest absolute Gasteiger partial charge is 0.472 e. The first-order chi connectivity index (χ1) is 24.6. The van der Waals surface area contributed by atoms with E-state index in [0.29, 0.717) is 12.8 Å². The molecule has 0 saturated heterocycles. The van der Waals surface area contributed by atoms with E-state index in [4.69, 9.17) is 13.8 Å². The topological polar surface area (TPSA) is 169 Å². The van der Waals surface area contributed by atoms with Crippen molar-refractivity contribution in [3.63, 3.8) is 0 Å². The van der Waals surface area contributed by atoms with Crippen LogP contribution in [0.15, 0.2) is 48.6 Å². The molecule has 0 bridgehead atoms. The molecule has 3 unspecified atom stereocenters. The lowest BCUT2D eigenvalue weighted by molar-refractivity contribution is -0.147. The van der Waals surface area contributed by atoms with Gasteiger partial charge in [-0.25, -0.2) is 9.36 Å². The molecule has 0 fully saturated rings. The van der Waals surface area contributed by atoms with Gasteiger partial charge in [-0.2, -0.15) is 0 Å². The van der Waals surface area contributed by atoms with E-state index in [0.717, 1.165) is 57.8 Å². The molecule has 0 heterocycles. The van der Waals surface area contributed by atoms with Crippen LogP contribution in [-0.4, -0.2) is 64.9 Å². The van der Waals surface area contributed by atoms with Gasteiger partial charge in [0.05, 0.1) is 13.2 Å². The zero-order chi connectivity index (χ0) is 37.8. The number of hydrogen-bond donors (Lipinski definition) is 4. The van der Waals surface area contributed by atoms with Crippen LogP contribution in [0, 0.1) is 0 Å². The first-order valence-corrected chi connectivity index (χ1v) is 20.7. The number of allylic oxidation sites excluding steroid dienone is 8. The van der Waals surface area contributed by atoms with Crippen LogP contribution in [-0.2, 0) is 32.7 Å². The maximum absolute atomic E-state index is 12.2. The van der Waals surface area contributed by atoms with Crippen LogP contribution in [0.4, 0.5) is 0 Å². The number of carbonyl (C=O) groups excluding carboxylic acids is 2. The normalized spacial score (nSPS) is 14.4. The molecule has 51 heavy (non-hydrogen) atoms. The molecule has 12 heteroatoms. The maximum atomic E-state index is 12.2. The van der Waals surface area contributed by atoms with Gasteiger partial charge >= 0.3 is 19.8 Å². The highest BCUT2D eigenvalue weighted by Crippen LogP contribution is 2.43. The summed E-state index contributed by atoms with van der Waals surface area (Å²) in [6.07, 6.45) is 35.8. The van der Waals surface area contributed by atoms with E-state index in [1.165, 1.54) is 51.4 Å². The molecule has 294 valence electrons. The Morgan fingerprint density at radius 2 is 1.14 bits per heavy atom. The lowest BCUT2D eigenvalue weighted by Gasteiger charge is -2.18. The van der Waals surface area contributed by atoms with Crippen molar-refractivity contribution in [3.05, 3.63) is 48.6 Å². The van der Waals surface area contributed by atoms with E-state index in [1.807, 2.05) is 6.08 Å². The number of rotatable bonds is 35. The van der Waals surface area contributed by atoms with Gasteiger partial charge in [0.2, 0.25) is 5.91 Å². The summed E-state index contributed by atoms with van der Waals surface area (Å²) in [4.78, 5) is 45.7. The number of hydrogen-bond acceptors (Lipinski definition) is 8. The summed E-state index contributed by atoms with van der Waals surface area (Å²) >= 11 is 0. The lowest BCUT2D eigenvalue weighted by atomic mass is 10.0. The molecule has 0 aliphatic heterocycles. The summed E-state index contributed by atoms with van der Waals surface area (Å²) in [5.41, 5.74) is 0. The average molecular weight is 742 g/mol. The Balaban J connectivity index is 4.04. The van der Waals surface area contributed by atoms with Crippen LogP contribution >= 0.6 is 7.82 Å². The van der Waals surface area contributed by atoms with Gasteiger partial charge in [0, 0.05) is 12.8 Å². The highest BCUT2D eigenvalue weighted by molar-refractivity contribution is 7.47. The fourth-order valence-electron chi connectivity index (χ4n) is 4.89. The molecule has 0 rings (SSSR count). The molecule has 0 spiro atoms. The number of nitrogens with one attached hydrogen (secondary N) is 1. The molecular weight excluding hydrogens is 673 g/mol. The summed E-state index contributed by atoms with van der Waals surface area (Å²) in [5, 5.41) is 21.7. The number of phosphoric acid groups is 1. The van der Waals surface area contributed by atoms with Crippen molar-refractivity contribution in [2.45, 2.75) is 161 Å². The number of carboxylic acid groups (broad SMARTS) is 1. The molecule has 0 aromatic carbocycles. The first kappa shape index (κ1) is 48.4. The average Bonchev–Trinajstić information content (AvgIpc) is 3.10. The molecule has 0 aromatic heterocycles. The third kappa shape index (κ3) is 34.3. The quantitative estimate of drug-likeness (QED) is 0.0213. The molecule has 0 aliphatic rings.